The second kappa shape index (κ2) is 6.46. The number of para-hydroxylation sites is 1. The van der Waals surface area contributed by atoms with Crippen molar-refractivity contribution in [3.63, 3.8) is 0 Å². The molecular weight excluding hydrogens is 166 g/mol. The predicted molar refractivity (Wildman–Crippen MR) is 53.4 cm³/mol. The minimum absolute atomic E-state index is 0.0926. The fourth-order valence-electron chi connectivity index (χ4n) is 0.428. The highest BCUT2D eigenvalue weighted by molar-refractivity contribution is 5.18. The van der Waals surface area contributed by atoms with Crippen molar-refractivity contribution in [3.8, 4) is 5.75 Å². The molecule has 3 nitrogen and oxygen atoms in total. The molecule has 13 heavy (non-hydrogen) atoms. The molecule has 0 bridgehead atoms. The van der Waals surface area contributed by atoms with E-state index in [0.29, 0.717) is 5.75 Å². The van der Waals surface area contributed by atoms with Crippen molar-refractivity contribution in [1.82, 2.24) is 0 Å². The number of phenolic OH excluding ortho intramolecular Hbond substituents is 1. The fourth-order valence-corrected chi connectivity index (χ4v) is 0.428. The van der Waals surface area contributed by atoms with Crippen LogP contribution in [0.4, 0.5) is 0 Å². The Morgan fingerprint density at radius 3 is 1.69 bits per heavy atom. The standard InChI is InChI=1S/C6H6O.C4H11NO/c7-6-4-2-1-3-5-6;1-3(5)4(2)6/h1-5,7H;3-4,6H,5H2,1-2H3. The second-order valence-electron chi connectivity index (χ2n) is 2.94. The van der Waals surface area contributed by atoms with Crippen LogP contribution in [0.2, 0.25) is 0 Å². The average molecular weight is 183 g/mol. The average Bonchev–Trinajstić information content (AvgIpc) is 2.06. The molecule has 0 saturated heterocycles. The molecule has 0 aliphatic carbocycles. The van der Waals surface area contributed by atoms with E-state index in [1.54, 1.807) is 38.1 Å². The zero-order valence-corrected chi connectivity index (χ0v) is 8.01. The van der Waals surface area contributed by atoms with Gasteiger partial charge in [0, 0.05) is 6.04 Å². The molecule has 2 unspecified atom stereocenters. The molecular formula is C10H17NO2. The van der Waals surface area contributed by atoms with E-state index in [0.717, 1.165) is 0 Å². The highest BCUT2D eigenvalue weighted by Gasteiger charge is 1.97. The summed E-state index contributed by atoms with van der Waals surface area (Å²) in [6.07, 6.45) is -0.370. The quantitative estimate of drug-likeness (QED) is 0.611. The van der Waals surface area contributed by atoms with Gasteiger partial charge in [-0.2, -0.15) is 0 Å². The molecule has 0 spiro atoms. The first-order valence-corrected chi connectivity index (χ1v) is 4.21. The molecule has 74 valence electrons. The number of aliphatic hydroxyl groups excluding tert-OH is 1. The number of benzene rings is 1. The van der Waals surface area contributed by atoms with Crippen LogP contribution in [0.15, 0.2) is 30.3 Å². The third kappa shape index (κ3) is 7.31. The monoisotopic (exact) mass is 183 g/mol. The highest BCUT2D eigenvalue weighted by Crippen LogP contribution is 2.02. The zero-order valence-electron chi connectivity index (χ0n) is 8.01. The molecule has 0 radical (unpaired) electrons. The van der Waals surface area contributed by atoms with Gasteiger partial charge >= 0.3 is 0 Å². The van der Waals surface area contributed by atoms with Crippen molar-refractivity contribution in [1.29, 1.82) is 0 Å². The minimum Gasteiger partial charge on any atom is -0.508 e. The first-order valence-electron chi connectivity index (χ1n) is 4.21. The summed E-state index contributed by atoms with van der Waals surface area (Å²) < 4.78 is 0. The van der Waals surface area contributed by atoms with Gasteiger partial charge in [-0.1, -0.05) is 18.2 Å². The fraction of sp³-hybridized carbons (Fsp3) is 0.400. The van der Waals surface area contributed by atoms with Gasteiger partial charge in [0.1, 0.15) is 5.75 Å². The molecule has 0 aliphatic heterocycles. The van der Waals surface area contributed by atoms with Gasteiger partial charge in [0.15, 0.2) is 0 Å². The summed E-state index contributed by atoms with van der Waals surface area (Å²) in [6.45, 7) is 3.44. The van der Waals surface area contributed by atoms with E-state index in [1.807, 2.05) is 6.07 Å². The third-order valence-corrected chi connectivity index (χ3v) is 1.52. The normalized spacial score (nSPS) is 13.8. The molecule has 0 heterocycles. The molecule has 3 heteroatoms. The number of nitrogens with two attached hydrogens (primary N) is 1. The van der Waals surface area contributed by atoms with Gasteiger partial charge in [-0.15, -0.1) is 0 Å². The van der Waals surface area contributed by atoms with E-state index in [4.69, 9.17) is 15.9 Å². The molecule has 0 amide bonds. The Morgan fingerprint density at radius 1 is 1.15 bits per heavy atom. The first kappa shape index (κ1) is 11.9. The van der Waals surface area contributed by atoms with E-state index in [2.05, 4.69) is 0 Å². The maximum Gasteiger partial charge on any atom is 0.115 e. The Bertz CT molecular complexity index is 203. The Hall–Kier alpha value is -1.06. The van der Waals surface area contributed by atoms with Gasteiger partial charge < -0.3 is 15.9 Å². The van der Waals surface area contributed by atoms with Crippen LogP contribution >= 0.6 is 0 Å². The summed E-state index contributed by atoms with van der Waals surface area (Å²) in [6, 6.07) is 8.62. The molecule has 4 N–H and O–H groups in total. The van der Waals surface area contributed by atoms with Crippen LogP contribution in [-0.2, 0) is 0 Å². The van der Waals surface area contributed by atoms with Gasteiger partial charge in [-0.3, -0.25) is 0 Å². The van der Waals surface area contributed by atoms with E-state index >= 15 is 0 Å². The van der Waals surface area contributed by atoms with E-state index in [9.17, 15) is 0 Å². The van der Waals surface area contributed by atoms with Crippen LogP contribution in [0, 0.1) is 0 Å². The van der Waals surface area contributed by atoms with Crippen LogP contribution < -0.4 is 5.73 Å². The topological polar surface area (TPSA) is 66.5 Å². The van der Waals surface area contributed by atoms with Crippen molar-refractivity contribution >= 4 is 0 Å². The Kier molecular flexibility index (Phi) is 5.93. The van der Waals surface area contributed by atoms with Gasteiger partial charge in [0.05, 0.1) is 6.10 Å². The Balaban J connectivity index is 0.000000226. The van der Waals surface area contributed by atoms with Crippen LogP contribution in [0.25, 0.3) is 0 Å². The molecule has 1 rings (SSSR count). The van der Waals surface area contributed by atoms with Gasteiger partial charge in [-0.05, 0) is 26.0 Å². The molecule has 0 aromatic heterocycles. The maximum atomic E-state index is 8.63. The summed E-state index contributed by atoms with van der Waals surface area (Å²) >= 11 is 0. The Labute approximate surface area is 78.8 Å². The number of hydrogen-bond donors (Lipinski definition) is 3. The lowest BCUT2D eigenvalue weighted by atomic mass is 10.2. The lowest BCUT2D eigenvalue weighted by Crippen LogP contribution is -2.28. The smallest absolute Gasteiger partial charge is 0.115 e. The molecule has 1 aromatic rings. The summed E-state index contributed by atoms with van der Waals surface area (Å²) in [7, 11) is 0. The lowest BCUT2D eigenvalue weighted by molar-refractivity contribution is 0.170. The van der Waals surface area contributed by atoms with Crippen LogP contribution in [0.1, 0.15) is 13.8 Å². The van der Waals surface area contributed by atoms with Crippen LogP contribution in [-0.4, -0.2) is 22.4 Å². The van der Waals surface area contributed by atoms with Gasteiger partial charge in [0.25, 0.3) is 0 Å². The molecule has 2 atom stereocenters. The maximum absolute atomic E-state index is 8.63. The molecule has 0 saturated carbocycles. The van der Waals surface area contributed by atoms with E-state index < -0.39 is 0 Å². The van der Waals surface area contributed by atoms with E-state index in [-0.39, 0.29) is 12.1 Å². The van der Waals surface area contributed by atoms with Crippen molar-refractivity contribution < 1.29 is 10.2 Å². The molecule has 0 fully saturated rings. The van der Waals surface area contributed by atoms with Gasteiger partial charge in [-0.25, -0.2) is 0 Å². The lowest BCUT2D eigenvalue weighted by Gasteiger charge is -2.04. The van der Waals surface area contributed by atoms with Crippen molar-refractivity contribution in [2.45, 2.75) is 26.0 Å². The number of aromatic hydroxyl groups is 1. The van der Waals surface area contributed by atoms with Crippen molar-refractivity contribution in [3.05, 3.63) is 30.3 Å². The zero-order chi connectivity index (χ0) is 10.3. The minimum atomic E-state index is -0.370. The number of aliphatic hydroxyl groups is 1. The van der Waals surface area contributed by atoms with Crippen LogP contribution in [0.3, 0.4) is 0 Å². The van der Waals surface area contributed by atoms with E-state index in [1.165, 1.54) is 0 Å². The van der Waals surface area contributed by atoms with Gasteiger partial charge in [0.2, 0.25) is 0 Å². The van der Waals surface area contributed by atoms with Crippen LogP contribution in [0.5, 0.6) is 5.75 Å². The highest BCUT2D eigenvalue weighted by atomic mass is 16.3. The number of hydrogen-bond acceptors (Lipinski definition) is 3. The Morgan fingerprint density at radius 2 is 1.54 bits per heavy atom. The third-order valence-electron chi connectivity index (χ3n) is 1.52. The van der Waals surface area contributed by atoms with Crippen molar-refractivity contribution in [2.24, 2.45) is 5.73 Å². The SMILES string of the molecule is CC(N)C(C)O.Oc1ccccc1. The number of rotatable bonds is 1. The number of phenols is 1. The molecule has 0 aliphatic rings. The van der Waals surface area contributed by atoms with Crippen molar-refractivity contribution in [2.75, 3.05) is 0 Å². The molecule has 1 aromatic carbocycles. The summed E-state index contributed by atoms with van der Waals surface area (Å²) in [5.74, 6) is 0.322. The largest absolute Gasteiger partial charge is 0.508 e. The predicted octanol–water partition coefficient (Wildman–Crippen LogP) is 1.11. The first-order chi connectivity index (χ1) is 6.04. The second-order valence-corrected chi connectivity index (χ2v) is 2.94. The summed E-state index contributed by atoms with van der Waals surface area (Å²) in [4.78, 5) is 0. The summed E-state index contributed by atoms with van der Waals surface area (Å²) in [5.41, 5.74) is 5.19. The summed E-state index contributed by atoms with van der Waals surface area (Å²) in [5, 5.41) is 17.1.